The Bertz CT molecular complexity index is 477. The standard InChI is InChI=1S/C11H8Cl2N2/c12-7-3-1-4-8(13)10(7)11-9(14)5-2-6-15-11/h1-6H,14H2. The Morgan fingerprint density at radius 2 is 1.67 bits per heavy atom. The molecule has 0 saturated heterocycles. The van der Waals surface area contributed by atoms with Gasteiger partial charge in [-0.1, -0.05) is 29.3 Å². The van der Waals surface area contributed by atoms with E-state index in [4.69, 9.17) is 28.9 Å². The van der Waals surface area contributed by atoms with Gasteiger partial charge in [0.1, 0.15) is 0 Å². The average molecular weight is 239 g/mol. The number of benzene rings is 1. The zero-order chi connectivity index (χ0) is 10.8. The second-order valence-corrected chi connectivity index (χ2v) is 3.85. The number of nitrogens with zero attached hydrogens (tertiary/aromatic N) is 1. The van der Waals surface area contributed by atoms with Crippen LogP contribution in [0.1, 0.15) is 0 Å². The molecular formula is C11H8Cl2N2. The quantitative estimate of drug-likeness (QED) is 0.825. The second-order valence-electron chi connectivity index (χ2n) is 3.04. The average Bonchev–Trinajstić information content (AvgIpc) is 2.20. The summed E-state index contributed by atoms with van der Waals surface area (Å²) in [7, 11) is 0. The van der Waals surface area contributed by atoms with Crippen LogP contribution in [-0.2, 0) is 0 Å². The fraction of sp³-hybridized carbons (Fsp3) is 0. The lowest BCUT2D eigenvalue weighted by Crippen LogP contribution is -1.93. The van der Waals surface area contributed by atoms with E-state index in [-0.39, 0.29) is 0 Å². The van der Waals surface area contributed by atoms with Crippen molar-refractivity contribution in [1.29, 1.82) is 0 Å². The molecule has 0 atom stereocenters. The summed E-state index contributed by atoms with van der Waals surface area (Å²) in [4.78, 5) is 4.18. The van der Waals surface area contributed by atoms with Crippen molar-refractivity contribution in [2.45, 2.75) is 0 Å². The van der Waals surface area contributed by atoms with Gasteiger partial charge in [-0.05, 0) is 24.3 Å². The van der Waals surface area contributed by atoms with E-state index in [1.54, 1.807) is 36.5 Å². The van der Waals surface area contributed by atoms with E-state index in [0.717, 1.165) is 0 Å². The van der Waals surface area contributed by atoms with Crippen LogP contribution in [0.2, 0.25) is 10.0 Å². The number of hydrogen-bond donors (Lipinski definition) is 1. The Kier molecular flexibility index (Phi) is 2.80. The van der Waals surface area contributed by atoms with Gasteiger partial charge < -0.3 is 5.73 Å². The molecule has 0 bridgehead atoms. The first kappa shape index (κ1) is 10.3. The number of nitrogens with two attached hydrogens (primary N) is 1. The number of nitrogen functional groups attached to an aromatic ring is 1. The van der Waals surface area contributed by atoms with E-state index in [1.165, 1.54) is 0 Å². The van der Waals surface area contributed by atoms with Crippen LogP contribution in [0.4, 0.5) is 5.69 Å². The van der Waals surface area contributed by atoms with Crippen molar-refractivity contribution in [3.63, 3.8) is 0 Å². The highest BCUT2D eigenvalue weighted by Gasteiger charge is 2.11. The number of halogens is 2. The Hall–Kier alpha value is -1.25. The van der Waals surface area contributed by atoms with Gasteiger partial charge in [0.05, 0.1) is 21.4 Å². The Morgan fingerprint density at radius 1 is 1.00 bits per heavy atom. The first-order valence-corrected chi connectivity index (χ1v) is 5.10. The van der Waals surface area contributed by atoms with Gasteiger partial charge in [0.15, 0.2) is 0 Å². The zero-order valence-corrected chi connectivity index (χ0v) is 9.26. The molecule has 1 aromatic heterocycles. The van der Waals surface area contributed by atoms with Gasteiger partial charge in [-0.25, -0.2) is 0 Å². The van der Waals surface area contributed by atoms with Crippen molar-refractivity contribution in [3.05, 3.63) is 46.6 Å². The van der Waals surface area contributed by atoms with Crippen molar-refractivity contribution in [1.82, 2.24) is 4.98 Å². The van der Waals surface area contributed by atoms with E-state index >= 15 is 0 Å². The van der Waals surface area contributed by atoms with E-state index in [2.05, 4.69) is 4.98 Å². The fourth-order valence-corrected chi connectivity index (χ4v) is 1.93. The molecule has 0 saturated carbocycles. The van der Waals surface area contributed by atoms with Gasteiger partial charge in [-0.2, -0.15) is 0 Å². The summed E-state index contributed by atoms with van der Waals surface area (Å²) in [6.07, 6.45) is 1.66. The number of rotatable bonds is 1. The molecule has 2 nitrogen and oxygen atoms in total. The van der Waals surface area contributed by atoms with Crippen molar-refractivity contribution in [3.8, 4) is 11.3 Å². The van der Waals surface area contributed by atoms with Crippen molar-refractivity contribution < 1.29 is 0 Å². The maximum Gasteiger partial charge on any atom is 0.0961 e. The molecule has 4 heteroatoms. The number of hydrogen-bond acceptors (Lipinski definition) is 2. The molecule has 0 fully saturated rings. The molecule has 2 N–H and O–H groups in total. The van der Waals surface area contributed by atoms with Gasteiger partial charge in [0.2, 0.25) is 0 Å². The third kappa shape index (κ3) is 1.91. The van der Waals surface area contributed by atoms with E-state index in [1.807, 2.05) is 0 Å². The monoisotopic (exact) mass is 238 g/mol. The van der Waals surface area contributed by atoms with E-state index < -0.39 is 0 Å². The summed E-state index contributed by atoms with van der Waals surface area (Å²) in [6.45, 7) is 0. The molecule has 0 aliphatic carbocycles. The van der Waals surface area contributed by atoms with Crippen LogP contribution in [0, 0.1) is 0 Å². The van der Waals surface area contributed by atoms with Crippen molar-refractivity contribution in [2.75, 3.05) is 5.73 Å². The smallest absolute Gasteiger partial charge is 0.0961 e. The zero-order valence-electron chi connectivity index (χ0n) is 7.74. The minimum absolute atomic E-state index is 0.549. The minimum Gasteiger partial charge on any atom is -0.397 e. The summed E-state index contributed by atoms with van der Waals surface area (Å²) < 4.78 is 0. The molecule has 1 heterocycles. The SMILES string of the molecule is Nc1cccnc1-c1c(Cl)cccc1Cl. The predicted molar refractivity (Wildman–Crippen MR) is 64.1 cm³/mol. The Labute approximate surface area is 97.7 Å². The lowest BCUT2D eigenvalue weighted by molar-refractivity contribution is 1.33. The molecule has 1 aromatic carbocycles. The highest BCUT2D eigenvalue weighted by molar-refractivity contribution is 6.39. The largest absolute Gasteiger partial charge is 0.397 e. The molecule has 0 unspecified atom stereocenters. The van der Waals surface area contributed by atoms with Crippen LogP contribution in [0.3, 0.4) is 0 Å². The maximum absolute atomic E-state index is 6.06. The predicted octanol–water partition coefficient (Wildman–Crippen LogP) is 3.64. The summed E-state index contributed by atoms with van der Waals surface area (Å²) in [5.41, 5.74) is 7.67. The summed E-state index contributed by atoms with van der Waals surface area (Å²) in [5.74, 6) is 0. The molecular weight excluding hydrogens is 231 g/mol. The molecule has 2 aromatic rings. The molecule has 0 aliphatic heterocycles. The Balaban J connectivity index is 2.69. The van der Waals surface area contributed by atoms with Crippen LogP contribution in [-0.4, -0.2) is 4.98 Å². The van der Waals surface area contributed by atoms with Crippen LogP contribution in [0.25, 0.3) is 11.3 Å². The third-order valence-electron chi connectivity index (χ3n) is 2.04. The van der Waals surface area contributed by atoms with Gasteiger partial charge >= 0.3 is 0 Å². The van der Waals surface area contributed by atoms with Crippen molar-refractivity contribution >= 4 is 28.9 Å². The summed E-state index contributed by atoms with van der Waals surface area (Å²) >= 11 is 12.1. The molecule has 0 radical (unpaired) electrons. The molecule has 0 aliphatic rings. The highest BCUT2D eigenvalue weighted by atomic mass is 35.5. The normalized spacial score (nSPS) is 10.3. The van der Waals surface area contributed by atoms with Gasteiger partial charge in [0.25, 0.3) is 0 Å². The molecule has 15 heavy (non-hydrogen) atoms. The van der Waals surface area contributed by atoms with Gasteiger partial charge in [0, 0.05) is 11.8 Å². The van der Waals surface area contributed by atoms with E-state index in [0.29, 0.717) is 27.0 Å². The second kappa shape index (κ2) is 4.09. The number of anilines is 1. The summed E-state index contributed by atoms with van der Waals surface area (Å²) in [6, 6.07) is 8.84. The van der Waals surface area contributed by atoms with Gasteiger partial charge in [-0.15, -0.1) is 0 Å². The highest BCUT2D eigenvalue weighted by Crippen LogP contribution is 2.35. The van der Waals surface area contributed by atoms with Crippen LogP contribution < -0.4 is 5.73 Å². The van der Waals surface area contributed by atoms with E-state index in [9.17, 15) is 0 Å². The number of pyridine rings is 1. The summed E-state index contributed by atoms with van der Waals surface area (Å²) in [5, 5.41) is 1.10. The van der Waals surface area contributed by atoms with Crippen molar-refractivity contribution in [2.24, 2.45) is 0 Å². The van der Waals surface area contributed by atoms with Crippen LogP contribution in [0.5, 0.6) is 0 Å². The minimum atomic E-state index is 0.549. The van der Waals surface area contributed by atoms with Gasteiger partial charge in [-0.3, -0.25) is 4.98 Å². The third-order valence-corrected chi connectivity index (χ3v) is 2.67. The van der Waals surface area contributed by atoms with Crippen LogP contribution in [0.15, 0.2) is 36.5 Å². The fourth-order valence-electron chi connectivity index (χ4n) is 1.35. The topological polar surface area (TPSA) is 38.9 Å². The maximum atomic E-state index is 6.06. The molecule has 2 rings (SSSR count). The first-order chi connectivity index (χ1) is 7.20. The molecule has 0 spiro atoms. The molecule has 76 valence electrons. The first-order valence-electron chi connectivity index (χ1n) is 4.35. The lowest BCUT2D eigenvalue weighted by atomic mass is 10.1. The Morgan fingerprint density at radius 3 is 2.27 bits per heavy atom. The number of aromatic nitrogens is 1. The lowest BCUT2D eigenvalue weighted by Gasteiger charge is -2.08. The molecule has 0 amide bonds. The van der Waals surface area contributed by atoms with Crippen LogP contribution >= 0.6 is 23.2 Å².